The van der Waals surface area contributed by atoms with Crippen molar-refractivity contribution in [2.75, 3.05) is 13.1 Å². The average molecular weight is 352 g/mol. The summed E-state index contributed by atoms with van der Waals surface area (Å²) in [5.74, 6) is 0.0905. The number of nitrogens with one attached hydrogen (secondary N) is 1. The Labute approximate surface area is 143 Å². The van der Waals surface area contributed by atoms with E-state index in [1.54, 1.807) is 18.3 Å². The van der Waals surface area contributed by atoms with Crippen molar-refractivity contribution in [2.24, 2.45) is 10.7 Å². The van der Waals surface area contributed by atoms with E-state index in [0.29, 0.717) is 31.9 Å². The van der Waals surface area contributed by atoms with Gasteiger partial charge in [0.25, 0.3) is 0 Å². The number of aliphatic imine (C=N–C) groups is 1. The van der Waals surface area contributed by atoms with Gasteiger partial charge in [-0.05, 0) is 36.2 Å². The summed E-state index contributed by atoms with van der Waals surface area (Å²) in [4.78, 5) is 8.40. The van der Waals surface area contributed by atoms with E-state index in [-0.39, 0.29) is 5.75 Å². The van der Waals surface area contributed by atoms with Gasteiger partial charge in [-0.3, -0.25) is 9.98 Å². The van der Waals surface area contributed by atoms with Gasteiger partial charge in [-0.15, -0.1) is 13.2 Å². The third kappa shape index (κ3) is 7.56. The van der Waals surface area contributed by atoms with E-state index < -0.39 is 6.36 Å². The highest BCUT2D eigenvalue weighted by atomic mass is 19.4. The molecule has 2 rings (SSSR count). The summed E-state index contributed by atoms with van der Waals surface area (Å²) in [5, 5.41) is 2.97. The molecule has 8 heteroatoms. The van der Waals surface area contributed by atoms with Gasteiger partial charge in [0.2, 0.25) is 0 Å². The van der Waals surface area contributed by atoms with Gasteiger partial charge in [-0.1, -0.05) is 18.2 Å². The highest BCUT2D eigenvalue weighted by molar-refractivity contribution is 5.77. The summed E-state index contributed by atoms with van der Waals surface area (Å²) >= 11 is 0. The molecule has 0 saturated heterocycles. The Hall–Kier alpha value is -2.77. The fraction of sp³-hybridized carbons (Fsp3) is 0.294. The molecule has 134 valence electrons. The van der Waals surface area contributed by atoms with Crippen LogP contribution in [0.4, 0.5) is 13.2 Å². The molecule has 0 atom stereocenters. The van der Waals surface area contributed by atoms with Crippen LogP contribution in [-0.4, -0.2) is 30.4 Å². The number of hydrogen-bond donors (Lipinski definition) is 2. The quantitative estimate of drug-likeness (QED) is 0.594. The minimum absolute atomic E-state index is 0.236. The van der Waals surface area contributed by atoms with Crippen molar-refractivity contribution in [2.45, 2.75) is 19.2 Å². The molecule has 5 nitrogen and oxygen atoms in total. The Morgan fingerprint density at radius 1 is 1.12 bits per heavy atom. The molecule has 0 amide bonds. The second-order valence-corrected chi connectivity index (χ2v) is 5.21. The second-order valence-electron chi connectivity index (χ2n) is 5.21. The molecule has 0 saturated carbocycles. The van der Waals surface area contributed by atoms with Crippen LogP contribution in [-0.2, 0) is 12.8 Å². The zero-order valence-electron chi connectivity index (χ0n) is 13.5. The van der Waals surface area contributed by atoms with Gasteiger partial charge >= 0.3 is 6.36 Å². The van der Waals surface area contributed by atoms with Gasteiger partial charge in [-0.25, -0.2) is 0 Å². The molecule has 0 fully saturated rings. The highest BCUT2D eigenvalue weighted by Gasteiger charge is 2.30. The average Bonchev–Trinajstić information content (AvgIpc) is 2.56. The SMILES string of the molecule is NC(=NCCc1ccccn1)NCCc1ccc(OC(F)(F)F)cc1. The molecule has 25 heavy (non-hydrogen) atoms. The number of guanidine groups is 1. The number of nitrogens with zero attached hydrogens (tertiary/aromatic N) is 2. The first-order valence-corrected chi connectivity index (χ1v) is 7.71. The van der Waals surface area contributed by atoms with Crippen LogP contribution in [0.25, 0.3) is 0 Å². The summed E-state index contributed by atoms with van der Waals surface area (Å²) < 4.78 is 40.1. The van der Waals surface area contributed by atoms with E-state index in [1.165, 1.54) is 12.1 Å². The Kier molecular flexibility index (Phi) is 6.62. The Morgan fingerprint density at radius 2 is 1.88 bits per heavy atom. The molecule has 1 aromatic heterocycles. The van der Waals surface area contributed by atoms with E-state index in [9.17, 15) is 13.2 Å². The number of pyridine rings is 1. The minimum atomic E-state index is -4.68. The molecule has 3 N–H and O–H groups in total. The predicted molar refractivity (Wildman–Crippen MR) is 89.3 cm³/mol. The van der Waals surface area contributed by atoms with Crippen molar-refractivity contribution < 1.29 is 17.9 Å². The lowest BCUT2D eigenvalue weighted by Gasteiger charge is -2.09. The lowest BCUT2D eigenvalue weighted by Crippen LogP contribution is -2.33. The molecule has 1 aromatic carbocycles. The number of alkyl halides is 3. The van der Waals surface area contributed by atoms with Gasteiger partial charge in [0.1, 0.15) is 5.75 Å². The molecule has 2 aromatic rings. The van der Waals surface area contributed by atoms with Crippen LogP contribution in [0.1, 0.15) is 11.3 Å². The molecule has 1 heterocycles. The van der Waals surface area contributed by atoms with Crippen molar-refractivity contribution in [3.05, 3.63) is 59.9 Å². The monoisotopic (exact) mass is 352 g/mol. The lowest BCUT2D eigenvalue weighted by atomic mass is 10.1. The van der Waals surface area contributed by atoms with Crippen LogP contribution in [0.3, 0.4) is 0 Å². The zero-order chi connectivity index (χ0) is 18.1. The number of benzene rings is 1. The van der Waals surface area contributed by atoms with Gasteiger partial charge in [0.15, 0.2) is 5.96 Å². The van der Waals surface area contributed by atoms with Crippen LogP contribution in [0.15, 0.2) is 53.7 Å². The summed E-state index contributed by atoms with van der Waals surface area (Å²) in [7, 11) is 0. The van der Waals surface area contributed by atoms with E-state index >= 15 is 0 Å². The van der Waals surface area contributed by atoms with Crippen LogP contribution in [0, 0.1) is 0 Å². The zero-order valence-corrected chi connectivity index (χ0v) is 13.5. The molecular formula is C17H19F3N4O. The van der Waals surface area contributed by atoms with Gasteiger partial charge in [0.05, 0.1) is 0 Å². The standard InChI is InChI=1S/C17H19F3N4O/c18-17(19,20)25-15-6-4-13(5-7-15)8-11-23-16(21)24-12-9-14-3-1-2-10-22-14/h1-7,10H,8-9,11-12H2,(H3,21,23,24). The van der Waals surface area contributed by atoms with E-state index in [0.717, 1.165) is 11.3 Å². The maximum absolute atomic E-state index is 12.1. The maximum atomic E-state index is 12.1. The predicted octanol–water partition coefficient (Wildman–Crippen LogP) is 2.67. The second kappa shape index (κ2) is 8.91. The number of aromatic nitrogens is 1. The first-order chi connectivity index (χ1) is 11.9. The van der Waals surface area contributed by atoms with Gasteiger partial charge in [0, 0.05) is 31.4 Å². The first kappa shape index (κ1) is 18.6. The summed E-state index contributed by atoms with van der Waals surface area (Å²) in [6.45, 7) is 1.05. The number of rotatable bonds is 7. The molecule has 0 spiro atoms. The number of hydrogen-bond acceptors (Lipinski definition) is 3. The van der Waals surface area contributed by atoms with Gasteiger partial charge < -0.3 is 15.8 Å². The van der Waals surface area contributed by atoms with Crippen molar-refractivity contribution >= 4 is 5.96 Å². The van der Waals surface area contributed by atoms with Crippen molar-refractivity contribution in [3.8, 4) is 5.75 Å². The Bertz CT molecular complexity index is 673. The number of ether oxygens (including phenoxy) is 1. The Balaban J connectivity index is 1.70. The summed E-state index contributed by atoms with van der Waals surface area (Å²) in [6, 6.07) is 11.4. The van der Waals surface area contributed by atoms with Crippen LogP contribution < -0.4 is 15.8 Å². The lowest BCUT2D eigenvalue weighted by molar-refractivity contribution is -0.274. The summed E-state index contributed by atoms with van der Waals surface area (Å²) in [5.41, 5.74) is 7.58. The van der Waals surface area contributed by atoms with Crippen LogP contribution >= 0.6 is 0 Å². The molecule has 0 aliphatic heterocycles. The van der Waals surface area contributed by atoms with E-state index in [2.05, 4.69) is 20.0 Å². The minimum Gasteiger partial charge on any atom is -0.406 e. The van der Waals surface area contributed by atoms with Crippen molar-refractivity contribution in [3.63, 3.8) is 0 Å². The fourth-order valence-electron chi connectivity index (χ4n) is 2.09. The third-order valence-electron chi connectivity index (χ3n) is 3.25. The van der Waals surface area contributed by atoms with Crippen LogP contribution in [0.2, 0.25) is 0 Å². The highest BCUT2D eigenvalue weighted by Crippen LogP contribution is 2.22. The number of nitrogens with two attached hydrogens (primary N) is 1. The molecule has 0 radical (unpaired) electrons. The van der Waals surface area contributed by atoms with E-state index in [1.807, 2.05) is 18.2 Å². The van der Waals surface area contributed by atoms with Crippen molar-refractivity contribution in [1.29, 1.82) is 0 Å². The Morgan fingerprint density at radius 3 is 2.52 bits per heavy atom. The third-order valence-corrected chi connectivity index (χ3v) is 3.25. The molecule has 0 aliphatic carbocycles. The fourth-order valence-corrected chi connectivity index (χ4v) is 2.09. The summed E-state index contributed by atoms with van der Waals surface area (Å²) in [6.07, 6.45) is -1.65. The van der Waals surface area contributed by atoms with Gasteiger partial charge in [-0.2, -0.15) is 0 Å². The normalized spacial score (nSPS) is 12.0. The largest absolute Gasteiger partial charge is 0.573 e. The molecular weight excluding hydrogens is 333 g/mol. The molecule has 0 aliphatic rings. The van der Waals surface area contributed by atoms with E-state index in [4.69, 9.17) is 5.73 Å². The first-order valence-electron chi connectivity index (χ1n) is 7.71. The molecule has 0 unspecified atom stereocenters. The smallest absolute Gasteiger partial charge is 0.406 e. The topological polar surface area (TPSA) is 72.5 Å². The molecule has 0 bridgehead atoms. The maximum Gasteiger partial charge on any atom is 0.573 e. The van der Waals surface area contributed by atoms with Crippen LogP contribution in [0.5, 0.6) is 5.75 Å². The van der Waals surface area contributed by atoms with Crippen molar-refractivity contribution in [1.82, 2.24) is 10.3 Å². The number of halogens is 3.